The van der Waals surface area contributed by atoms with Crippen molar-refractivity contribution in [1.82, 2.24) is 9.38 Å². The molecule has 3 rings (SSSR count). The molecule has 0 bridgehead atoms. The monoisotopic (exact) mass is 280 g/mol. The van der Waals surface area contributed by atoms with Crippen LogP contribution in [0.1, 0.15) is 18.7 Å². The second-order valence-corrected chi connectivity index (χ2v) is 5.07. The third-order valence-corrected chi connectivity index (χ3v) is 3.50. The lowest BCUT2D eigenvalue weighted by Crippen LogP contribution is -2.11. The van der Waals surface area contributed by atoms with E-state index >= 15 is 0 Å². The summed E-state index contributed by atoms with van der Waals surface area (Å²) in [5.74, 6) is 1.09. The van der Waals surface area contributed by atoms with Crippen molar-refractivity contribution in [2.75, 3.05) is 6.61 Å². The molecule has 1 aliphatic heterocycles. The molecule has 2 aromatic rings. The molecule has 4 heteroatoms. The van der Waals surface area contributed by atoms with Crippen LogP contribution in [0.5, 0.6) is 0 Å². The number of rotatable bonds is 2. The molecular weight excluding hydrogens is 268 g/mol. The fraction of sp³-hybridized carbons (Fsp3) is 0.417. The molecular formula is C12H13BrN2O. The Morgan fingerprint density at radius 2 is 2.50 bits per heavy atom. The summed E-state index contributed by atoms with van der Waals surface area (Å²) in [5.41, 5.74) is 1.13. The Morgan fingerprint density at radius 1 is 1.56 bits per heavy atom. The van der Waals surface area contributed by atoms with Crippen molar-refractivity contribution in [2.24, 2.45) is 0 Å². The highest BCUT2D eigenvalue weighted by atomic mass is 79.9. The maximum Gasteiger partial charge on any atom is 0.115 e. The van der Waals surface area contributed by atoms with Crippen LogP contribution >= 0.6 is 15.9 Å². The molecule has 0 N–H and O–H groups in total. The predicted molar refractivity (Wildman–Crippen MR) is 65.6 cm³/mol. The summed E-state index contributed by atoms with van der Waals surface area (Å²) in [5, 5.41) is 0. The lowest BCUT2D eigenvalue weighted by Gasteiger charge is -2.08. The maximum absolute atomic E-state index is 5.64. The molecule has 1 unspecified atom stereocenters. The average Bonchev–Trinajstić information content (AvgIpc) is 2.89. The summed E-state index contributed by atoms with van der Waals surface area (Å²) >= 11 is 3.46. The number of hydrogen-bond acceptors (Lipinski definition) is 2. The molecule has 16 heavy (non-hydrogen) atoms. The van der Waals surface area contributed by atoms with Crippen molar-refractivity contribution >= 4 is 21.4 Å². The Labute approximate surface area is 103 Å². The first-order chi connectivity index (χ1) is 7.83. The van der Waals surface area contributed by atoms with Gasteiger partial charge in [0.15, 0.2) is 0 Å². The first-order valence-corrected chi connectivity index (χ1v) is 6.35. The molecule has 84 valence electrons. The molecule has 1 fully saturated rings. The van der Waals surface area contributed by atoms with Crippen LogP contribution in [0.15, 0.2) is 29.0 Å². The van der Waals surface area contributed by atoms with Gasteiger partial charge in [0.05, 0.1) is 17.8 Å². The minimum absolute atomic E-state index is 0.356. The molecule has 0 amide bonds. The zero-order valence-corrected chi connectivity index (χ0v) is 10.5. The van der Waals surface area contributed by atoms with E-state index in [1.54, 1.807) is 0 Å². The lowest BCUT2D eigenvalue weighted by molar-refractivity contribution is 0.110. The largest absolute Gasteiger partial charge is 0.378 e. The van der Waals surface area contributed by atoms with Crippen LogP contribution < -0.4 is 0 Å². The van der Waals surface area contributed by atoms with Gasteiger partial charge in [-0.05, 0) is 25.0 Å². The molecule has 0 aromatic carbocycles. The zero-order valence-electron chi connectivity index (χ0n) is 8.90. The van der Waals surface area contributed by atoms with Crippen LogP contribution in [-0.4, -0.2) is 22.1 Å². The van der Waals surface area contributed by atoms with E-state index in [4.69, 9.17) is 4.74 Å². The SMILES string of the molecule is Brc1ccn2c(CC3CCCO3)ncc2c1. The van der Waals surface area contributed by atoms with Gasteiger partial charge >= 0.3 is 0 Å². The van der Waals surface area contributed by atoms with E-state index in [1.807, 2.05) is 12.3 Å². The third kappa shape index (κ3) is 1.87. The highest BCUT2D eigenvalue weighted by molar-refractivity contribution is 9.10. The molecule has 3 nitrogen and oxygen atoms in total. The van der Waals surface area contributed by atoms with Crippen molar-refractivity contribution in [2.45, 2.75) is 25.4 Å². The molecule has 1 saturated heterocycles. The first kappa shape index (κ1) is 10.3. The average molecular weight is 281 g/mol. The van der Waals surface area contributed by atoms with Gasteiger partial charge in [0, 0.05) is 23.7 Å². The summed E-state index contributed by atoms with van der Waals surface area (Å²) in [7, 11) is 0. The van der Waals surface area contributed by atoms with E-state index in [2.05, 4.69) is 37.6 Å². The molecule has 1 aliphatic rings. The molecule has 1 atom stereocenters. The van der Waals surface area contributed by atoms with Crippen LogP contribution in [0.25, 0.3) is 5.52 Å². The van der Waals surface area contributed by atoms with Gasteiger partial charge in [-0.1, -0.05) is 15.9 Å². The van der Waals surface area contributed by atoms with Crippen molar-refractivity contribution in [1.29, 1.82) is 0 Å². The van der Waals surface area contributed by atoms with Crippen LogP contribution in [0, 0.1) is 0 Å². The summed E-state index contributed by atoms with van der Waals surface area (Å²) in [6.07, 6.45) is 7.57. The zero-order chi connectivity index (χ0) is 11.0. The first-order valence-electron chi connectivity index (χ1n) is 5.56. The molecule has 3 heterocycles. The third-order valence-electron chi connectivity index (χ3n) is 3.00. The minimum atomic E-state index is 0.356. The maximum atomic E-state index is 5.64. The van der Waals surface area contributed by atoms with Crippen LogP contribution in [0.4, 0.5) is 0 Å². The molecule has 0 spiro atoms. The van der Waals surface area contributed by atoms with Gasteiger partial charge in [0.1, 0.15) is 5.82 Å². The normalized spacial score (nSPS) is 20.7. The number of imidazole rings is 1. The molecule has 0 radical (unpaired) electrons. The second kappa shape index (κ2) is 4.18. The lowest BCUT2D eigenvalue weighted by atomic mass is 10.2. The Morgan fingerprint density at radius 3 is 3.31 bits per heavy atom. The number of hydrogen-bond donors (Lipinski definition) is 0. The number of aromatic nitrogens is 2. The Balaban J connectivity index is 1.91. The van der Waals surface area contributed by atoms with Crippen molar-refractivity contribution in [3.63, 3.8) is 0 Å². The van der Waals surface area contributed by atoms with Crippen molar-refractivity contribution in [3.05, 3.63) is 34.8 Å². The topological polar surface area (TPSA) is 26.5 Å². The fourth-order valence-electron chi connectivity index (χ4n) is 2.19. The minimum Gasteiger partial charge on any atom is -0.378 e. The van der Waals surface area contributed by atoms with E-state index in [9.17, 15) is 0 Å². The Hall–Kier alpha value is -0.870. The van der Waals surface area contributed by atoms with Gasteiger partial charge in [-0.25, -0.2) is 4.98 Å². The van der Waals surface area contributed by atoms with E-state index in [-0.39, 0.29) is 0 Å². The van der Waals surface area contributed by atoms with E-state index < -0.39 is 0 Å². The van der Waals surface area contributed by atoms with Gasteiger partial charge < -0.3 is 9.14 Å². The van der Waals surface area contributed by atoms with Crippen LogP contribution in [0.3, 0.4) is 0 Å². The van der Waals surface area contributed by atoms with E-state index in [1.165, 1.54) is 6.42 Å². The van der Waals surface area contributed by atoms with Crippen LogP contribution in [-0.2, 0) is 11.2 Å². The summed E-state index contributed by atoms with van der Waals surface area (Å²) in [6, 6.07) is 4.11. The highest BCUT2D eigenvalue weighted by Crippen LogP contribution is 2.19. The van der Waals surface area contributed by atoms with Crippen LogP contribution in [0.2, 0.25) is 0 Å². The Kier molecular flexibility index (Phi) is 2.69. The number of halogens is 1. The standard InChI is InChI=1S/C12H13BrN2O/c13-9-3-4-15-10(6-9)8-14-12(15)7-11-2-1-5-16-11/h3-4,6,8,11H,1-2,5,7H2. The number of nitrogens with zero attached hydrogens (tertiary/aromatic N) is 2. The molecule has 0 aliphatic carbocycles. The number of ether oxygens (including phenoxy) is 1. The summed E-state index contributed by atoms with van der Waals surface area (Å²) < 4.78 is 8.85. The van der Waals surface area contributed by atoms with Crippen molar-refractivity contribution in [3.8, 4) is 0 Å². The quantitative estimate of drug-likeness (QED) is 0.846. The highest BCUT2D eigenvalue weighted by Gasteiger charge is 2.18. The predicted octanol–water partition coefficient (Wildman–Crippen LogP) is 2.82. The van der Waals surface area contributed by atoms with Crippen molar-refractivity contribution < 1.29 is 4.74 Å². The number of pyridine rings is 1. The Bertz CT molecular complexity index is 503. The van der Waals surface area contributed by atoms with Gasteiger partial charge in [-0.2, -0.15) is 0 Å². The van der Waals surface area contributed by atoms with Gasteiger partial charge in [0.2, 0.25) is 0 Å². The van der Waals surface area contributed by atoms with Gasteiger partial charge in [0.25, 0.3) is 0 Å². The summed E-state index contributed by atoms with van der Waals surface area (Å²) in [4.78, 5) is 4.46. The molecule has 0 saturated carbocycles. The second-order valence-electron chi connectivity index (χ2n) is 4.15. The van der Waals surface area contributed by atoms with E-state index in [0.717, 1.165) is 35.3 Å². The number of fused-ring (bicyclic) bond motifs is 1. The van der Waals surface area contributed by atoms with Gasteiger partial charge in [-0.15, -0.1) is 0 Å². The molecule has 2 aromatic heterocycles. The smallest absolute Gasteiger partial charge is 0.115 e. The summed E-state index contributed by atoms with van der Waals surface area (Å²) in [6.45, 7) is 0.902. The van der Waals surface area contributed by atoms with Gasteiger partial charge in [-0.3, -0.25) is 0 Å². The fourth-order valence-corrected chi connectivity index (χ4v) is 2.54. The van der Waals surface area contributed by atoms with E-state index in [0.29, 0.717) is 6.10 Å².